The first-order chi connectivity index (χ1) is 13.9. The van der Waals surface area contributed by atoms with Gasteiger partial charge in [-0.05, 0) is 38.5 Å². The molecule has 2 unspecified atom stereocenters. The van der Waals surface area contributed by atoms with Crippen LogP contribution < -0.4 is 0 Å². The van der Waals surface area contributed by atoms with Gasteiger partial charge >= 0.3 is 11.9 Å². The van der Waals surface area contributed by atoms with Crippen LogP contribution in [-0.2, 0) is 19.1 Å². The molecule has 0 radical (unpaired) electrons. The van der Waals surface area contributed by atoms with Crippen molar-refractivity contribution >= 4 is 17.7 Å². The Kier molecular flexibility index (Phi) is 17.3. The molecule has 2 atom stereocenters. The van der Waals surface area contributed by atoms with E-state index < -0.39 is 17.9 Å². The van der Waals surface area contributed by atoms with Crippen LogP contribution in [0, 0.1) is 11.8 Å². The summed E-state index contributed by atoms with van der Waals surface area (Å²) in [6, 6.07) is 0. The highest BCUT2D eigenvalue weighted by Gasteiger charge is 2.28. The fourth-order valence-corrected chi connectivity index (χ4v) is 3.54. The Morgan fingerprint density at radius 1 is 0.931 bits per heavy atom. The summed E-state index contributed by atoms with van der Waals surface area (Å²) in [6.07, 6.45) is 17.4. The number of carbonyl (C=O) groups excluding carboxylic acids is 2. The van der Waals surface area contributed by atoms with E-state index in [1.54, 1.807) is 6.92 Å². The first kappa shape index (κ1) is 27.4. The maximum absolute atomic E-state index is 11.7. The molecule has 0 spiro atoms. The van der Waals surface area contributed by atoms with Crippen molar-refractivity contribution in [1.29, 1.82) is 0 Å². The standard InChI is InChI=1S/C24H42O5/c1-4-5-6-10-14-17-21(22(24(27)28)19-23(26)29-3)18-15-12-9-7-8-11-13-16-20(2)25/h15,18,21-22H,4-14,16-17,19H2,1-3H3,(H,27,28)/b18-15+. The third-order valence-electron chi connectivity index (χ3n) is 5.37. The van der Waals surface area contributed by atoms with E-state index >= 15 is 0 Å². The SMILES string of the molecule is CCCCCCCC(/C=C/CCCCCCCC(C)=O)C(CC(=O)OC)C(=O)O. The minimum Gasteiger partial charge on any atom is -0.481 e. The summed E-state index contributed by atoms with van der Waals surface area (Å²) in [7, 11) is 1.30. The maximum Gasteiger partial charge on any atom is 0.307 e. The van der Waals surface area contributed by atoms with E-state index in [1.807, 2.05) is 6.08 Å². The Morgan fingerprint density at radius 3 is 2.17 bits per heavy atom. The van der Waals surface area contributed by atoms with Gasteiger partial charge in [-0.3, -0.25) is 9.59 Å². The van der Waals surface area contributed by atoms with Gasteiger partial charge in [0.1, 0.15) is 5.78 Å². The lowest BCUT2D eigenvalue weighted by molar-refractivity contribution is -0.151. The summed E-state index contributed by atoms with van der Waals surface area (Å²) >= 11 is 0. The molecule has 1 N–H and O–H groups in total. The molecule has 0 fully saturated rings. The monoisotopic (exact) mass is 410 g/mol. The Labute approximate surface area is 177 Å². The molecule has 0 amide bonds. The molecule has 0 aliphatic carbocycles. The molecule has 0 aromatic heterocycles. The van der Waals surface area contributed by atoms with Crippen molar-refractivity contribution in [2.75, 3.05) is 7.11 Å². The summed E-state index contributed by atoms with van der Waals surface area (Å²) in [4.78, 5) is 34.3. The van der Waals surface area contributed by atoms with Gasteiger partial charge in [0.15, 0.2) is 0 Å². The van der Waals surface area contributed by atoms with Gasteiger partial charge in [-0.2, -0.15) is 0 Å². The normalized spacial score (nSPS) is 13.3. The summed E-state index contributed by atoms with van der Waals surface area (Å²) in [5.41, 5.74) is 0. The molecule has 29 heavy (non-hydrogen) atoms. The number of carboxylic acid groups (broad SMARTS) is 1. The van der Waals surface area contributed by atoms with E-state index in [9.17, 15) is 19.5 Å². The number of rotatable bonds is 19. The van der Waals surface area contributed by atoms with E-state index in [2.05, 4.69) is 13.0 Å². The molecule has 0 saturated carbocycles. The Morgan fingerprint density at radius 2 is 1.55 bits per heavy atom. The van der Waals surface area contributed by atoms with Crippen LogP contribution in [0.1, 0.15) is 104 Å². The molecule has 5 nitrogen and oxygen atoms in total. The second-order valence-corrected chi connectivity index (χ2v) is 8.03. The van der Waals surface area contributed by atoms with Crippen molar-refractivity contribution in [3.63, 3.8) is 0 Å². The van der Waals surface area contributed by atoms with Crippen molar-refractivity contribution in [3.05, 3.63) is 12.2 Å². The molecule has 168 valence electrons. The van der Waals surface area contributed by atoms with Crippen LogP contribution in [-0.4, -0.2) is 29.9 Å². The van der Waals surface area contributed by atoms with Gasteiger partial charge in [-0.1, -0.05) is 70.4 Å². The fourth-order valence-electron chi connectivity index (χ4n) is 3.54. The van der Waals surface area contributed by atoms with Crippen LogP contribution in [0.5, 0.6) is 0 Å². The molecule has 0 aliphatic heterocycles. The lowest BCUT2D eigenvalue weighted by Gasteiger charge is -2.20. The van der Waals surface area contributed by atoms with Gasteiger partial charge in [-0.25, -0.2) is 0 Å². The Hall–Kier alpha value is -1.65. The van der Waals surface area contributed by atoms with E-state index in [4.69, 9.17) is 4.74 Å². The molecule has 0 rings (SSSR count). The Bertz CT molecular complexity index is 484. The number of hydrogen-bond acceptors (Lipinski definition) is 4. The first-order valence-corrected chi connectivity index (χ1v) is 11.4. The molecule has 0 heterocycles. The van der Waals surface area contributed by atoms with Crippen LogP contribution in [0.3, 0.4) is 0 Å². The number of carboxylic acids is 1. The number of hydrogen-bond donors (Lipinski definition) is 1. The van der Waals surface area contributed by atoms with Crippen molar-refractivity contribution in [1.82, 2.24) is 0 Å². The van der Waals surface area contributed by atoms with Crippen LogP contribution in [0.25, 0.3) is 0 Å². The summed E-state index contributed by atoms with van der Waals surface area (Å²) in [5, 5.41) is 9.63. The first-order valence-electron chi connectivity index (χ1n) is 11.4. The molecule has 0 bridgehead atoms. The lowest BCUT2D eigenvalue weighted by atomic mass is 9.84. The van der Waals surface area contributed by atoms with Gasteiger partial charge in [0.05, 0.1) is 19.4 Å². The zero-order valence-corrected chi connectivity index (χ0v) is 18.8. The third kappa shape index (κ3) is 15.9. The van der Waals surface area contributed by atoms with Gasteiger partial charge in [0.2, 0.25) is 0 Å². The number of ketones is 1. The van der Waals surface area contributed by atoms with Crippen molar-refractivity contribution in [2.24, 2.45) is 11.8 Å². The van der Waals surface area contributed by atoms with E-state index in [0.29, 0.717) is 6.42 Å². The summed E-state index contributed by atoms with van der Waals surface area (Å²) < 4.78 is 4.70. The molecular formula is C24H42O5. The maximum atomic E-state index is 11.7. The predicted octanol–water partition coefficient (Wildman–Crippen LogP) is 6.10. The Balaban J connectivity index is 4.50. The van der Waals surface area contributed by atoms with Crippen LogP contribution in [0.4, 0.5) is 0 Å². The topological polar surface area (TPSA) is 80.7 Å². The van der Waals surface area contributed by atoms with E-state index in [-0.39, 0.29) is 18.1 Å². The number of carbonyl (C=O) groups is 3. The zero-order valence-electron chi connectivity index (χ0n) is 18.8. The summed E-state index contributed by atoms with van der Waals surface area (Å²) in [5.74, 6) is -2.00. The van der Waals surface area contributed by atoms with Crippen molar-refractivity contribution < 1.29 is 24.2 Å². The number of aliphatic carboxylic acids is 1. The molecule has 0 saturated heterocycles. The van der Waals surface area contributed by atoms with Gasteiger partial charge in [0.25, 0.3) is 0 Å². The molecule has 0 aromatic rings. The van der Waals surface area contributed by atoms with Crippen molar-refractivity contribution in [3.8, 4) is 0 Å². The molecule has 0 aromatic carbocycles. The van der Waals surface area contributed by atoms with Gasteiger partial charge in [0, 0.05) is 6.42 Å². The minimum atomic E-state index is -0.927. The summed E-state index contributed by atoms with van der Waals surface area (Å²) in [6.45, 7) is 3.81. The van der Waals surface area contributed by atoms with E-state index in [0.717, 1.165) is 57.8 Å². The second kappa shape index (κ2) is 18.4. The largest absolute Gasteiger partial charge is 0.481 e. The van der Waals surface area contributed by atoms with Gasteiger partial charge in [-0.15, -0.1) is 0 Å². The van der Waals surface area contributed by atoms with Gasteiger partial charge < -0.3 is 14.6 Å². The number of ether oxygens (including phenoxy) is 1. The zero-order chi connectivity index (χ0) is 21.9. The number of Topliss-reactive ketones (excluding diaryl/α,β-unsaturated/α-hetero) is 1. The smallest absolute Gasteiger partial charge is 0.307 e. The lowest BCUT2D eigenvalue weighted by Crippen LogP contribution is -2.26. The number of unbranched alkanes of at least 4 members (excludes halogenated alkanes) is 9. The minimum absolute atomic E-state index is 0.0774. The average Bonchev–Trinajstić information content (AvgIpc) is 2.68. The van der Waals surface area contributed by atoms with Crippen LogP contribution in [0.2, 0.25) is 0 Å². The number of esters is 1. The van der Waals surface area contributed by atoms with E-state index in [1.165, 1.54) is 26.4 Å². The average molecular weight is 411 g/mol. The predicted molar refractivity (Wildman–Crippen MR) is 117 cm³/mol. The third-order valence-corrected chi connectivity index (χ3v) is 5.37. The quantitative estimate of drug-likeness (QED) is 0.158. The highest BCUT2D eigenvalue weighted by molar-refractivity contribution is 5.79. The van der Waals surface area contributed by atoms with Crippen molar-refractivity contribution in [2.45, 2.75) is 104 Å². The van der Waals surface area contributed by atoms with Crippen LogP contribution >= 0.6 is 0 Å². The second-order valence-electron chi connectivity index (χ2n) is 8.03. The number of methoxy groups -OCH3 is 1. The highest BCUT2D eigenvalue weighted by atomic mass is 16.5. The highest BCUT2D eigenvalue weighted by Crippen LogP contribution is 2.25. The van der Waals surface area contributed by atoms with Crippen LogP contribution in [0.15, 0.2) is 12.2 Å². The molecule has 5 heteroatoms. The fraction of sp³-hybridized carbons (Fsp3) is 0.792. The molecular weight excluding hydrogens is 368 g/mol. The number of allylic oxidation sites excluding steroid dienone is 2. The molecule has 0 aliphatic rings.